The molecule has 0 aromatic carbocycles. The Morgan fingerprint density at radius 1 is 1.07 bits per heavy atom. The Balaban J connectivity index is 1.34. The van der Waals surface area contributed by atoms with Gasteiger partial charge in [-0.05, 0) is 32.1 Å². The zero-order valence-electron chi connectivity index (χ0n) is 16.6. The fourth-order valence-corrected chi connectivity index (χ4v) is 5.73. The SMILES string of the molecule is O=C(NCC1(N2CCOCC2)CCCC1)[C@@H]1CCC(=O)N(C2CCCC2)C1. The van der Waals surface area contributed by atoms with Gasteiger partial charge in [0.25, 0.3) is 0 Å². The van der Waals surface area contributed by atoms with Crippen molar-refractivity contribution in [3.05, 3.63) is 0 Å². The van der Waals surface area contributed by atoms with Crippen molar-refractivity contribution in [2.24, 2.45) is 5.92 Å². The minimum Gasteiger partial charge on any atom is -0.379 e. The van der Waals surface area contributed by atoms with Gasteiger partial charge < -0.3 is 15.0 Å². The van der Waals surface area contributed by atoms with Gasteiger partial charge in [-0.25, -0.2) is 0 Å². The molecule has 0 bridgehead atoms. The number of rotatable bonds is 5. The minimum atomic E-state index is -0.0357. The number of carbonyl (C=O) groups excluding carboxylic acids is 2. The van der Waals surface area contributed by atoms with E-state index in [9.17, 15) is 9.59 Å². The van der Waals surface area contributed by atoms with E-state index in [1.54, 1.807) is 0 Å². The van der Waals surface area contributed by atoms with Crippen LogP contribution in [0.3, 0.4) is 0 Å². The number of amides is 2. The maximum atomic E-state index is 13.0. The second-order valence-electron chi connectivity index (χ2n) is 8.97. The van der Waals surface area contributed by atoms with Gasteiger partial charge in [0.1, 0.15) is 0 Å². The molecule has 2 amide bonds. The molecule has 1 atom stereocenters. The van der Waals surface area contributed by atoms with Crippen LogP contribution in [0.15, 0.2) is 0 Å². The standard InChI is InChI=1S/C21H35N3O3/c25-19-8-7-17(15-24(19)18-5-1-2-6-18)20(26)22-16-21(9-3-4-10-21)23-11-13-27-14-12-23/h17-18H,1-16H2,(H,22,26)/t17-/m1/s1. The van der Waals surface area contributed by atoms with E-state index < -0.39 is 0 Å². The van der Waals surface area contributed by atoms with Crippen molar-refractivity contribution >= 4 is 11.8 Å². The summed E-state index contributed by atoms with van der Waals surface area (Å²) in [6.07, 6.45) is 10.7. The monoisotopic (exact) mass is 377 g/mol. The topological polar surface area (TPSA) is 61.9 Å². The minimum absolute atomic E-state index is 0.0357. The maximum Gasteiger partial charge on any atom is 0.224 e. The second-order valence-corrected chi connectivity index (χ2v) is 8.97. The van der Waals surface area contributed by atoms with Crippen molar-refractivity contribution in [1.82, 2.24) is 15.1 Å². The summed E-state index contributed by atoms with van der Waals surface area (Å²) in [6.45, 7) is 4.93. The summed E-state index contributed by atoms with van der Waals surface area (Å²) in [7, 11) is 0. The predicted octanol–water partition coefficient (Wildman–Crippen LogP) is 1.93. The number of morpholine rings is 1. The van der Waals surface area contributed by atoms with E-state index >= 15 is 0 Å². The third-order valence-electron chi connectivity index (χ3n) is 7.39. The Morgan fingerprint density at radius 2 is 1.78 bits per heavy atom. The van der Waals surface area contributed by atoms with E-state index in [1.807, 2.05) is 4.90 Å². The molecule has 0 aromatic heterocycles. The molecule has 27 heavy (non-hydrogen) atoms. The van der Waals surface area contributed by atoms with Crippen LogP contribution in [-0.4, -0.2) is 72.6 Å². The van der Waals surface area contributed by atoms with Crippen LogP contribution in [0, 0.1) is 5.92 Å². The highest BCUT2D eigenvalue weighted by molar-refractivity contribution is 5.84. The largest absolute Gasteiger partial charge is 0.379 e. The second kappa shape index (κ2) is 8.48. The van der Waals surface area contributed by atoms with E-state index in [2.05, 4.69) is 10.2 Å². The first kappa shape index (κ1) is 19.2. The molecule has 2 saturated carbocycles. The van der Waals surface area contributed by atoms with Crippen molar-refractivity contribution in [2.75, 3.05) is 39.4 Å². The van der Waals surface area contributed by atoms with Gasteiger partial charge in [-0.3, -0.25) is 14.5 Å². The number of hydrogen-bond acceptors (Lipinski definition) is 4. The molecular formula is C21H35N3O3. The van der Waals surface area contributed by atoms with Crippen molar-refractivity contribution < 1.29 is 14.3 Å². The van der Waals surface area contributed by atoms with Crippen molar-refractivity contribution in [1.29, 1.82) is 0 Å². The molecule has 6 nitrogen and oxygen atoms in total. The quantitative estimate of drug-likeness (QED) is 0.795. The number of likely N-dealkylation sites (tertiary alicyclic amines) is 1. The Labute approximate surface area is 163 Å². The molecule has 2 heterocycles. The first-order chi connectivity index (χ1) is 13.2. The smallest absolute Gasteiger partial charge is 0.224 e. The van der Waals surface area contributed by atoms with Crippen LogP contribution >= 0.6 is 0 Å². The summed E-state index contributed by atoms with van der Waals surface area (Å²) < 4.78 is 5.53. The average molecular weight is 378 g/mol. The molecule has 4 aliphatic rings. The van der Waals surface area contributed by atoms with Crippen LogP contribution < -0.4 is 5.32 Å². The van der Waals surface area contributed by atoms with E-state index in [4.69, 9.17) is 4.74 Å². The van der Waals surface area contributed by atoms with Crippen LogP contribution in [0.2, 0.25) is 0 Å². The fraction of sp³-hybridized carbons (Fsp3) is 0.905. The third kappa shape index (κ3) is 4.16. The summed E-state index contributed by atoms with van der Waals surface area (Å²) in [5.41, 5.74) is 0.120. The van der Waals surface area contributed by atoms with E-state index in [0.717, 1.165) is 45.7 Å². The highest BCUT2D eigenvalue weighted by atomic mass is 16.5. The zero-order valence-corrected chi connectivity index (χ0v) is 16.6. The first-order valence-electron chi connectivity index (χ1n) is 11.1. The molecule has 0 unspecified atom stereocenters. The highest BCUT2D eigenvalue weighted by Crippen LogP contribution is 2.35. The molecule has 4 fully saturated rings. The summed E-state index contributed by atoms with van der Waals surface area (Å²) in [5.74, 6) is 0.378. The van der Waals surface area contributed by atoms with Crippen LogP contribution in [-0.2, 0) is 14.3 Å². The summed E-state index contributed by atoms with van der Waals surface area (Å²) in [4.78, 5) is 29.9. The molecule has 2 aliphatic heterocycles. The summed E-state index contributed by atoms with van der Waals surface area (Å²) in [5, 5.41) is 3.30. The Kier molecular flexibility index (Phi) is 6.02. The van der Waals surface area contributed by atoms with Gasteiger partial charge in [-0.15, -0.1) is 0 Å². The Morgan fingerprint density at radius 3 is 2.48 bits per heavy atom. The lowest BCUT2D eigenvalue weighted by atomic mass is 9.92. The van der Waals surface area contributed by atoms with Crippen molar-refractivity contribution in [2.45, 2.75) is 75.8 Å². The first-order valence-corrected chi connectivity index (χ1v) is 11.1. The molecular weight excluding hydrogens is 342 g/mol. The lowest BCUT2D eigenvalue weighted by Crippen LogP contribution is -2.58. The lowest BCUT2D eigenvalue weighted by Gasteiger charge is -2.44. The molecule has 0 radical (unpaired) electrons. The van der Waals surface area contributed by atoms with Gasteiger partial charge in [0.15, 0.2) is 0 Å². The number of nitrogens with one attached hydrogen (secondary N) is 1. The van der Waals surface area contributed by atoms with Gasteiger partial charge in [-0.2, -0.15) is 0 Å². The van der Waals surface area contributed by atoms with Crippen LogP contribution in [0.25, 0.3) is 0 Å². The number of piperidine rings is 1. The molecule has 2 saturated heterocycles. The van der Waals surface area contributed by atoms with Crippen molar-refractivity contribution in [3.8, 4) is 0 Å². The Hall–Kier alpha value is -1.14. The third-order valence-corrected chi connectivity index (χ3v) is 7.39. The number of hydrogen-bond donors (Lipinski definition) is 1. The molecule has 2 aliphatic carbocycles. The van der Waals surface area contributed by atoms with Crippen LogP contribution in [0.1, 0.15) is 64.2 Å². The molecule has 4 rings (SSSR count). The van der Waals surface area contributed by atoms with E-state index in [0.29, 0.717) is 25.4 Å². The van der Waals surface area contributed by atoms with Crippen LogP contribution in [0.5, 0.6) is 0 Å². The molecule has 0 aromatic rings. The number of ether oxygens (including phenoxy) is 1. The van der Waals surface area contributed by atoms with Crippen molar-refractivity contribution in [3.63, 3.8) is 0 Å². The normalized spacial score (nSPS) is 30.0. The highest BCUT2D eigenvalue weighted by Gasteiger charge is 2.41. The fourth-order valence-electron chi connectivity index (χ4n) is 5.73. The maximum absolute atomic E-state index is 13.0. The molecule has 6 heteroatoms. The average Bonchev–Trinajstić information content (AvgIpc) is 3.40. The number of carbonyl (C=O) groups is 2. The van der Waals surface area contributed by atoms with Gasteiger partial charge in [0, 0.05) is 44.2 Å². The van der Waals surface area contributed by atoms with Gasteiger partial charge in [0.05, 0.1) is 19.1 Å². The molecule has 0 spiro atoms. The summed E-state index contributed by atoms with van der Waals surface area (Å²) >= 11 is 0. The van der Waals surface area contributed by atoms with Gasteiger partial charge in [-0.1, -0.05) is 25.7 Å². The molecule has 1 N–H and O–H groups in total. The van der Waals surface area contributed by atoms with Gasteiger partial charge >= 0.3 is 0 Å². The summed E-state index contributed by atoms with van der Waals surface area (Å²) in [6, 6.07) is 0.377. The van der Waals surface area contributed by atoms with Crippen LogP contribution in [0.4, 0.5) is 0 Å². The number of nitrogens with zero attached hydrogens (tertiary/aromatic N) is 2. The van der Waals surface area contributed by atoms with Gasteiger partial charge in [0.2, 0.25) is 11.8 Å². The predicted molar refractivity (Wildman–Crippen MR) is 103 cm³/mol. The van der Waals surface area contributed by atoms with E-state index in [-0.39, 0.29) is 23.3 Å². The zero-order chi connectivity index (χ0) is 18.7. The molecule has 152 valence electrons. The Bertz CT molecular complexity index is 535. The van der Waals surface area contributed by atoms with E-state index in [1.165, 1.54) is 38.5 Å². The lowest BCUT2D eigenvalue weighted by molar-refractivity contribution is -0.140.